The molecule has 2 aromatic rings. The Labute approximate surface area is 254 Å². The van der Waals surface area contributed by atoms with Gasteiger partial charge in [-0.2, -0.15) is 0 Å². The molecule has 230 valence electrons. The molecule has 2 aliphatic rings. The SMILES string of the molecule is COC(=O)C1CCC(NCCCNC(=O)CCCOc2ccc(/C=C3/SC(=O)NC3=O)c3ccccc23)C(C(=O)OC)C1. The summed E-state index contributed by atoms with van der Waals surface area (Å²) in [5, 5.41) is 9.95. The molecule has 0 spiro atoms. The molecular formula is C31H37N3O8S. The van der Waals surface area contributed by atoms with Gasteiger partial charge in [-0.05, 0) is 73.5 Å². The molecule has 1 aliphatic carbocycles. The Bertz CT molecular complexity index is 1390. The number of hydrogen-bond donors (Lipinski definition) is 3. The van der Waals surface area contributed by atoms with Gasteiger partial charge in [-0.3, -0.25) is 29.3 Å². The summed E-state index contributed by atoms with van der Waals surface area (Å²) in [7, 11) is 2.70. The fraction of sp³-hybridized carbons (Fsp3) is 0.452. The van der Waals surface area contributed by atoms with E-state index in [1.165, 1.54) is 14.2 Å². The first kappa shape index (κ1) is 32.0. The van der Waals surface area contributed by atoms with Crippen LogP contribution in [-0.4, -0.2) is 69.0 Å². The molecule has 1 heterocycles. The van der Waals surface area contributed by atoms with Crippen LogP contribution in [0, 0.1) is 11.8 Å². The smallest absolute Gasteiger partial charge is 0.310 e. The number of ether oxygens (including phenoxy) is 3. The Morgan fingerprint density at radius 2 is 1.74 bits per heavy atom. The van der Waals surface area contributed by atoms with E-state index in [1.807, 2.05) is 36.4 Å². The zero-order valence-electron chi connectivity index (χ0n) is 24.3. The fourth-order valence-corrected chi connectivity index (χ4v) is 6.10. The summed E-state index contributed by atoms with van der Waals surface area (Å²) in [4.78, 5) is 60.4. The van der Waals surface area contributed by atoms with Crippen molar-refractivity contribution in [2.75, 3.05) is 33.9 Å². The molecule has 2 aromatic carbocycles. The highest BCUT2D eigenvalue weighted by atomic mass is 32.2. The van der Waals surface area contributed by atoms with Gasteiger partial charge in [0.25, 0.3) is 11.1 Å². The number of nitrogens with one attached hydrogen (secondary N) is 3. The van der Waals surface area contributed by atoms with E-state index in [0.29, 0.717) is 68.9 Å². The second kappa shape index (κ2) is 15.5. The van der Waals surface area contributed by atoms with Gasteiger partial charge in [-0.15, -0.1) is 0 Å². The second-order valence-corrected chi connectivity index (χ2v) is 11.4. The minimum absolute atomic E-state index is 0.0664. The van der Waals surface area contributed by atoms with Crippen molar-refractivity contribution in [2.24, 2.45) is 11.8 Å². The number of esters is 2. The van der Waals surface area contributed by atoms with Crippen LogP contribution < -0.4 is 20.7 Å². The number of methoxy groups -OCH3 is 2. The Kier molecular flexibility index (Phi) is 11.6. The summed E-state index contributed by atoms with van der Waals surface area (Å²) in [6.45, 7) is 1.47. The zero-order valence-corrected chi connectivity index (χ0v) is 25.1. The topological polar surface area (TPSA) is 149 Å². The average Bonchev–Trinajstić information content (AvgIpc) is 3.34. The molecule has 3 atom stereocenters. The van der Waals surface area contributed by atoms with Crippen LogP contribution in [0.2, 0.25) is 0 Å². The number of carbonyl (C=O) groups is 5. The van der Waals surface area contributed by atoms with Crippen molar-refractivity contribution < 1.29 is 38.2 Å². The maximum atomic E-state index is 12.3. The van der Waals surface area contributed by atoms with Crippen LogP contribution >= 0.6 is 11.8 Å². The Morgan fingerprint density at radius 1 is 0.977 bits per heavy atom. The number of amides is 3. The van der Waals surface area contributed by atoms with Gasteiger partial charge in [0.15, 0.2) is 0 Å². The second-order valence-electron chi connectivity index (χ2n) is 10.4. The number of fused-ring (bicyclic) bond motifs is 1. The molecule has 1 aliphatic heterocycles. The van der Waals surface area contributed by atoms with Crippen LogP contribution in [0.5, 0.6) is 5.75 Å². The van der Waals surface area contributed by atoms with Crippen molar-refractivity contribution >= 4 is 57.6 Å². The van der Waals surface area contributed by atoms with E-state index in [4.69, 9.17) is 14.2 Å². The number of imide groups is 1. The Morgan fingerprint density at radius 3 is 2.47 bits per heavy atom. The third-order valence-corrected chi connectivity index (χ3v) is 8.43. The minimum Gasteiger partial charge on any atom is -0.493 e. The van der Waals surface area contributed by atoms with Crippen molar-refractivity contribution in [3.05, 3.63) is 46.9 Å². The maximum absolute atomic E-state index is 12.3. The molecule has 0 radical (unpaired) electrons. The van der Waals surface area contributed by atoms with Crippen LogP contribution in [0.4, 0.5) is 4.79 Å². The lowest BCUT2D eigenvalue weighted by atomic mass is 9.78. The number of rotatable bonds is 13. The normalized spacial score (nSPS) is 21.0. The van der Waals surface area contributed by atoms with Gasteiger partial charge in [0, 0.05) is 24.4 Å². The Hall–Kier alpha value is -3.90. The molecular weight excluding hydrogens is 574 g/mol. The monoisotopic (exact) mass is 611 g/mol. The molecule has 2 fully saturated rings. The summed E-state index contributed by atoms with van der Waals surface area (Å²) in [5.74, 6) is -1.14. The standard InChI is InChI=1S/C31H37N3O8S/c1-40-29(37)20-10-12-24(23(17-20)30(38)41-2)32-14-6-15-33-27(35)9-5-16-42-25-13-11-19(21-7-3-4-8-22(21)25)18-26-28(36)34-31(39)43-26/h3-4,7-8,11,13,18,20,23-24,32H,5-6,9-10,12,14-17H2,1-2H3,(H,33,35)(H,34,36,39)/b26-18+. The molecule has 1 saturated heterocycles. The van der Waals surface area contributed by atoms with Crippen LogP contribution in [0.15, 0.2) is 41.3 Å². The molecule has 0 bridgehead atoms. The number of carbonyl (C=O) groups excluding carboxylic acids is 5. The predicted octanol–water partition coefficient (Wildman–Crippen LogP) is 3.55. The molecule has 3 unspecified atom stereocenters. The highest BCUT2D eigenvalue weighted by molar-refractivity contribution is 8.18. The number of hydrogen-bond acceptors (Lipinski definition) is 10. The quantitative estimate of drug-likeness (QED) is 0.174. The van der Waals surface area contributed by atoms with E-state index < -0.39 is 11.8 Å². The van der Waals surface area contributed by atoms with Crippen molar-refractivity contribution in [3.8, 4) is 5.75 Å². The van der Waals surface area contributed by atoms with Gasteiger partial charge < -0.3 is 24.8 Å². The van der Waals surface area contributed by atoms with Gasteiger partial charge in [0.2, 0.25) is 5.91 Å². The van der Waals surface area contributed by atoms with Crippen molar-refractivity contribution in [1.82, 2.24) is 16.0 Å². The van der Waals surface area contributed by atoms with E-state index in [2.05, 4.69) is 16.0 Å². The predicted molar refractivity (Wildman–Crippen MR) is 162 cm³/mol. The zero-order chi connectivity index (χ0) is 30.8. The van der Waals surface area contributed by atoms with E-state index >= 15 is 0 Å². The summed E-state index contributed by atoms with van der Waals surface area (Å²) in [6, 6.07) is 11.2. The highest BCUT2D eigenvalue weighted by Gasteiger charge is 2.38. The summed E-state index contributed by atoms with van der Waals surface area (Å²) in [6.07, 6.45) is 4.95. The third kappa shape index (κ3) is 8.57. The molecule has 3 N–H and O–H groups in total. The molecule has 11 nitrogen and oxygen atoms in total. The molecule has 4 rings (SSSR count). The average molecular weight is 612 g/mol. The van der Waals surface area contributed by atoms with E-state index in [9.17, 15) is 24.0 Å². The summed E-state index contributed by atoms with van der Waals surface area (Å²) < 4.78 is 15.8. The molecule has 3 amide bonds. The fourth-order valence-electron chi connectivity index (χ4n) is 5.42. The number of thioether (sulfide) groups is 1. The first-order chi connectivity index (χ1) is 20.8. The number of benzene rings is 2. The van der Waals surface area contributed by atoms with Gasteiger partial charge >= 0.3 is 11.9 Å². The van der Waals surface area contributed by atoms with Crippen LogP contribution in [0.1, 0.15) is 44.1 Å². The van der Waals surface area contributed by atoms with Gasteiger partial charge in [-0.25, -0.2) is 0 Å². The van der Waals surface area contributed by atoms with Crippen LogP contribution in [0.3, 0.4) is 0 Å². The van der Waals surface area contributed by atoms with Crippen LogP contribution in [0.25, 0.3) is 16.8 Å². The van der Waals surface area contributed by atoms with E-state index in [-0.39, 0.29) is 35.0 Å². The van der Waals surface area contributed by atoms with Crippen molar-refractivity contribution in [3.63, 3.8) is 0 Å². The first-order valence-corrected chi connectivity index (χ1v) is 15.2. The van der Waals surface area contributed by atoms with Gasteiger partial charge in [0.05, 0.1) is 37.6 Å². The largest absolute Gasteiger partial charge is 0.493 e. The van der Waals surface area contributed by atoms with Crippen LogP contribution in [-0.2, 0) is 28.7 Å². The highest BCUT2D eigenvalue weighted by Crippen LogP contribution is 2.33. The maximum Gasteiger partial charge on any atom is 0.310 e. The molecule has 43 heavy (non-hydrogen) atoms. The third-order valence-electron chi connectivity index (χ3n) is 7.62. The lowest BCUT2D eigenvalue weighted by Crippen LogP contribution is -2.46. The molecule has 0 aromatic heterocycles. The molecule has 12 heteroatoms. The van der Waals surface area contributed by atoms with Crippen molar-refractivity contribution in [1.29, 1.82) is 0 Å². The van der Waals surface area contributed by atoms with Crippen molar-refractivity contribution in [2.45, 2.75) is 44.6 Å². The van der Waals surface area contributed by atoms with E-state index in [1.54, 1.807) is 6.08 Å². The minimum atomic E-state index is -0.416. The summed E-state index contributed by atoms with van der Waals surface area (Å²) >= 11 is 0.877. The first-order valence-electron chi connectivity index (χ1n) is 14.4. The lowest BCUT2D eigenvalue weighted by molar-refractivity contribution is -0.153. The van der Waals surface area contributed by atoms with Gasteiger partial charge in [0.1, 0.15) is 5.75 Å². The van der Waals surface area contributed by atoms with E-state index in [0.717, 1.165) is 28.1 Å². The summed E-state index contributed by atoms with van der Waals surface area (Å²) in [5.41, 5.74) is 0.805. The lowest BCUT2D eigenvalue weighted by Gasteiger charge is -2.34. The Balaban J connectivity index is 1.17. The van der Waals surface area contributed by atoms with Gasteiger partial charge in [-0.1, -0.05) is 30.3 Å². The molecule has 1 saturated carbocycles.